The molecule has 1 unspecified atom stereocenters. The number of hydrogen-bond acceptors (Lipinski definition) is 8. The van der Waals surface area contributed by atoms with Gasteiger partial charge in [-0.05, 0) is 30.6 Å². The van der Waals surface area contributed by atoms with E-state index in [0.29, 0.717) is 29.5 Å². The molecule has 1 aliphatic rings. The van der Waals surface area contributed by atoms with Gasteiger partial charge in [0.05, 0.1) is 11.1 Å². The normalized spacial score (nSPS) is 16.0. The Balaban J connectivity index is 1.44. The first-order valence-corrected chi connectivity index (χ1v) is 10.7. The Morgan fingerprint density at radius 1 is 1.26 bits per heavy atom. The maximum absolute atomic E-state index is 13.0. The highest BCUT2D eigenvalue weighted by atomic mass is 32.1. The number of rotatable bonds is 4. The molecule has 2 amide bonds. The van der Waals surface area contributed by atoms with Gasteiger partial charge >= 0.3 is 0 Å². The van der Waals surface area contributed by atoms with Crippen molar-refractivity contribution in [3.05, 3.63) is 64.6 Å². The Morgan fingerprint density at radius 3 is 2.90 bits per heavy atom. The number of para-hydroxylation sites is 1. The molecule has 4 heterocycles. The van der Waals surface area contributed by atoms with Crippen molar-refractivity contribution in [3.63, 3.8) is 0 Å². The van der Waals surface area contributed by atoms with Crippen molar-refractivity contribution in [3.8, 4) is 0 Å². The quantitative estimate of drug-likeness (QED) is 0.524. The van der Waals surface area contributed by atoms with E-state index in [1.807, 2.05) is 35.7 Å². The van der Waals surface area contributed by atoms with Crippen molar-refractivity contribution >= 4 is 39.2 Å². The third-order valence-electron chi connectivity index (χ3n) is 5.38. The van der Waals surface area contributed by atoms with E-state index >= 15 is 0 Å². The minimum absolute atomic E-state index is 0.0140. The van der Waals surface area contributed by atoms with Gasteiger partial charge in [-0.15, -0.1) is 11.3 Å². The van der Waals surface area contributed by atoms with E-state index in [4.69, 9.17) is 4.98 Å². The molecule has 1 fully saturated rings. The fourth-order valence-electron chi connectivity index (χ4n) is 3.80. The number of anilines is 1. The van der Waals surface area contributed by atoms with Gasteiger partial charge in [0.1, 0.15) is 5.69 Å². The number of hydrogen-bond donors (Lipinski definition) is 1. The number of likely N-dealkylation sites (tertiary alicyclic amines) is 1. The van der Waals surface area contributed by atoms with Gasteiger partial charge < -0.3 is 4.90 Å². The highest BCUT2D eigenvalue weighted by molar-refractivity contribution is 7.13. The van der Waals surface area contributed by atoms with E-state index in [-0.39, 0.29) is 23.4 Å². The van der Waals surface area contributed by atoms with Gasteiger partial charge in [-0.25, -0.2) is 9.61 Å². The lowest BCUT2D eigenvalue weighted by molar-refractivity contribution is 0.0778. The van der Waals surface area contributed by atoms with Gasteiger partial charge in [0.25, 0.3) is 11.8 Å². The number of fused-ring (bicyclic) bond motifs is 1. The molecule has 0 bridgehead atoms. The van der Waals surface area contributed by atoms with Crippen LogP contribution >= 0.6 is 11.3 Å². The minimum Gasteiger partial charge on any atom is -0.336 e. The zero-order valence-corrected chi connectivity index (χ0v) is 17.4. The van der Waals surface area contributed by atoms with Gasteiger partial charge in [-0.3, -0.25) is 19.9 Å². The fourth-order valence-corrected chi connectivity index (χ4v) is 4.33. The summed E-state index contributed by atoms with van der Waals surface area (Å²) in [4.78, 5) is 36.4. The first-order chi connectivity index (χ1) is 15.1. The molecule has 9 nitrogen and oxygen atoms in total. The molecule has 0 radical (unpaired) electrons. The average Bonchev–Trinajstić information content (AvgIpc) is 3.54. The summed E-state index contributed by atoms with van der Waals surface area (Å²) < 4.78 is 4.66. The van der Waals surface area contributed by atoms with Crippen molar-refractivity contribution in [1.82, 2.24) is 25.2 Å². The van der Waals surface area contributed by atoms with Crippen LogP contribution < -0.4 is 5.32 Å². The summed E-state index contributed by atoms with van der Waals surface area (Å²) in [5, 5.41) is 13.4. The van der Waals surface area contributed by atoms with Crippen LogP contribution in [0.5, 0.6) is 0 Å². The number of aromatic nitrogens is 4. The Kier molecular flexibility index (Phi) is 4.91. The molecule has 1 aromatic carbocycles. The summed E-state index contributed by atoms with van der Waals surface area (Å²) in [6.45, 7) is 2.75. The first kappa shape index (κ1) is 19.3. The number of aryl methyl sites for hydroxylation is 1. The molecule has 1 atom stereocenters. The Bertz CT molecular complexity index is 1270. The van der Waals surface area contributed by atoms with Crippen LogP contribution in [0.15, 0.2) is 46.5 Å². The van der Waals surface area contributed by atoms with E-state index in [1.165, 1.54) is 11.3 Å². The van der Waals surface area contributed by atoms with Gasteiger partial charge in [0, 0.05) is 41.7 Å². The minimum atomic E-state index is -0.231. The van der Waals surface area contributed by atoms with E-state index in [1.54, 1.807) is 18.0 Å². The smallest absolute Gasteiger partial charge is 0.278 e. The van der Waals surface area contributed by atoms with Crippen LogP contribution in [0.25, 0.3) is 10.9 Å². The first-order valence-electron chi connectivity index (χ1n) is 9.79. The lowest BCUT2D eigenvalue weighted by atomic mass is 9.99. The molecular weight excluding hydrogens is 416 g/mol. The van der Waals surface area contributed by atoms with Gasteiger partial charge in [-0.2, -0.15) is 0 Å². The van der Waals surface area contributed by atoms with Crippen LogP contribution in [0.1, 0.15) is 44.6 Å². The monoisotopic (exact) mass is 434 g/mol. The number of pyridine rings is 1. The van der Waals surface area contributed by atoms with Crippen LogP contribution in [0.2, 0.25) is 0 Å². The second-order valence-corrected chi connectivity index (χ2v) is 8.23. The molecule has 5 rings (SSSR count). The molecule has 10 heteroatoms. The van der Waals surface area contributed by atoms with Crippen LogP contribution in [0.4, 0.5) is 5.13 Å². The van der Waals surface area contributed by atoms with E-state index in [9.17, 15) is 9.59 Å². The number of thiazole rings is 1. The second-order valence-electron chi connectivity index (χ2n) is 7.34. The standard InChI is InChI=1S/C21H18N6O3S/c1-12-18(26-30-25-12)20(29)27-8-6-13(11-27)17-10-15(14-4-2-3-5-16(14)23-17)19(28)24-21-22-7-9-31-21/h2-5,7,9-10,13H,6,8,11H2,1H3,(H,22,24,28). The number of nitrogens with one attached hydrogen (secondary N) is 1. The third kappa shape index (κ3) is 3.66. The lowest BCUT2D eigenvalue weighted by Gasteiger charge is -2.16. The third-order valence-corrected chi connectivity index (χ3v) is 6.07. The van der Waals surface area contributed by atoms with Crippen molar-refractivity contribution in [2.45, 2.75) is 19.3 Å². The van der Waals surface area contributed by atoms with Crippen molar-refractivity contribution in [2.24, 2.45) is 0 Å². The SMILES string of the molecule is Cc1nonc1C(=O)N1CCC(c2cc(C(=O)Nc3nccs3)c3ccccc3n2)C1. The summed E-state index contributed by atoms with van der Waals surface area (Å²) in [5.74, 6) is -0.422. The Labute approximate surface area is 181 Å². The number of nitrogens with zero attached hydrogens (tertiary/aromatic N) is 5. The van der Waals surface area contributed by atoms with Crippen LogP contribution in [0, 0.1) is 6.92 Å². The van der Waals surface area contributed by atoms with Crippen LogP contribution in [-0.4, -0.2) is 50.1 Å². The molecule has 1 aliphatic heterocycles. The predicted octanol–water partition coefficient (Wildman–Crippen LogP) is 3.26. The van der Waals surface area contributed by atoms with Crippen molar-refractivity contribution in [2.75, 3.05) is 18.4 Å². The number of carbonyl (C=O) groups is 2. The molecule has 156 valence electrons. The molecule has 1 saturated heterocycles. The zero-order chi connectivity index (χ0) is 21.4. The molecule has 0 spiro atoms. The summed E-state index contributed by atoms with van der Waals surface area (Å²) in [5.41, 5.74) is 2.77. The largest absolute Gasteiger partial charge is 0.336 e. The second kappa shape index (κ2) is 7.88. The van der Waals surface area contributed by atoms with E-state index in [0.717, 1.165) is 23.0 Å². The fraction of sp³-hybridized carbons (Fsp3) is 0.238. The highest BCUT2D eigenvalue weighted by Crippen LogP contribution is 2.30. The number of carbonyl (C=O) groups excluding carboxylic acids is 2. The molecule has 1 N–H and O–H groups in total. The summed E-state index contributed by atoms with van der Waals surface area (Å²) >= 11 is 1.36. The molecule has 31 heavy (non-hydrogen) atoms. The topological polar surface area (TPSA) is 114 Å². The number of benzene rings is 1. The van der Waals surface area contributed by atoms with Crippen LogP contribution in [-0.2, 0) is 0 Å². The van der Waals surface area contributed by atoms with E-state index < -0.39 is 0 Å². The maximum atomic E-state index is 13.0. The van der Waals surface area contributed by atoms with E-state index in [2.05, 4.69) is 25.2 Å². The van der Waals surface area contributed by atoms with Crippen molar-refractivity contribution in [1.29, 1.82) is 0 Å². The predicted molar refractivity (Wildman–Crippen MR) is 114 cm³/mol. The van der Waals surface area contributed by atoms with Gasteiger partial charge in [-0.1, -0.05) is 23.4 Å². The molecular formula is C21H18N6O3S. The molecule has 0 saturated carbocycles. The number of amides is 2. The van der Waals surface area contributed by atoms with Gasteiger partial charge in [0.2, 0.25) is 0 Å². The summed E-state index contributed by atoms with van der Waals surface area (Å²) in [6, 6.07) is 9.38. The highest BCUT2D eigenvalue weighted by Gasteiger charge is 2.32. The Hall–Kier alpha value is -3.66. The summed E-state index contributed by atoms with van der Waals surface area (Å²) in [6.07, 6.45) is 2.39. The molecule has 3 aromatic heterocycles. The zero-order valence-electron chi connectivity index (χ0n) is 16.6. The molecule has 4 aromatic rings. The Morgan fingerprint density at radius 2 is 2.13 bits per heavy atom. The maximum Gasteiger partial charge on any atom is 0.278 e. The molecule has 0 aliphatic carbocycles. The van der Waals surface area contributed by atoms with Crippen molar-refractivity contribution < 1.29 is 14.2 Å². The average molecular weight is 434 g/mol. The lowest BCUT2D eigenvalue weighted by Crippen LogP contribution is -2.29. The van der Waals surface area contributed by atoms with Crippen LogP contribution in [0.3, 0.4) is 0 Å². The summed E-state index contributed by atoms with van der Waals surface area (Å²) in [7, 11) is 0. The van der Waals surface area contributed by atoms with Gasteiger partial charge in [0.15, 0.2) is 10.8 Å².